The minimum Gasteiger partial charge on any atom is -0.352 e. The highest BCUT2D eigenvalue weighted by Crippen LogP contribution is 2.28. The molecule has 1 N–H and O–H groups in total. The molecule has 0 unspecified atom stereocenters. The summed E-state index contributed by atoms with van der Waals surface area (Å²) in [6, 6.07) is 15.7. The fourth-order valence-corrected chi connectivity index (χ4v) is 6.32. The van der Waals surface area contributed by atoms with Gasteiger partial charge in [-0.15, -0.1) is 0 Å². The molecular formula is C32H39Cl2N3O4S. The molecule has 0 fully saturated rings. The third kappa shape index (κ3) is 8.06. The molecule has 2 amide bonds. The summed E-state index contributed by atoms with van der Waals surface area (Å²) in [6.07, 6.45) is 1.03. The highest BCUT2D eigenvalue weighted by atomic mass is 35.5. The zero-order valence-corrected chi connectivity index (χ0v) is 27.3. The molecule has 0 radical (unpaired) electrons. The highest BCUT2D eigenvalue weighted by Gasteiger charge is 2.34. The molecule has 0 aliphatic rings. The average Bonchev–Trinajstić information content (AvgIpc) is 2.94. The van der Waals surface area contributed by atoms with Crippen LogP contribution in [0.2, 0.25) is 10.0 Å². The Kier molecular flexibility index (Phi) is 11.5. The van der Waals surface area contributed by atoms with Crippen LogP contribution in [0.5, 0.6) is 0 Å². The second-order valence-electron chi connectivity index (χ2n) is 10.6. The topological polar surface area (TPSA) is 86.8 Å². The van der Waals surface area contributed by atoms with E-state index in [0.717, 1.165) is 21.0 Å². The number of rotatable bonds is 12. The Morgan fingerprint density at radius 1 is 0.881 bits per heavy atom. The number of nitrogens with one attached hydrogen (secondary N) is 1. The molecule has 3 aromatic rings. The summed E-state index contributed by atoms with van der Waals surface area (Å²) in [5.41, 5.74) is 3.72. The summed E-state index contributed by atoms with van der Waals surface area (Å²) < 4.78 is 29.2. The van der Waals surface area contributed by atoms with Crippen molar-refractivity contribution < 1.29 is 18.0 Å². The van der Waals surface area contributed by atoms with Crippen LogP contribution in [0.25, 0.3) is 0 Å². The van der Waals surface area contributed by atoms with Gasteiger partial charge in [0, 0.05) is 22.6 Å². The van der Waals surface area contributed by atoms with Crippen molar-refractivity contribution in [3.05, 3.63) is 93.0 Å². The van der Waals surface area contributed by atoms with E-state index >= 15 is 0 Å². The smallest absolute Gasteiger partial charge is 0.264 e. The van der Waals surface area contributed by atoms with Crippen LogP contribution in [0.4, 0.5) is 5.69 Å². The quantitative estimate of drug-likeness (QED) is 0.237. The summed E-state index contributed by atoms with van der Waals surface area (Å²) in [6.45, 7) is 10.8. The van der Waals surface area contributed by atoms with Crippen molar-refractivity contribution in [1.29, 1.82) is 0 Å². The minimum atomic E-state index is -4.15. The molecule has 10 heteroatoms. The molecule has 3 aromatic carbocycles. The molecule has 226 valence electrons. The van der Waals surface area contributed by atoms with Gasteiger partial charge in [-0.05, 0) is 93.6 Å². The molecule has 7 nitrogen and oxygen atoms in total. The lowest BCUT2D eigenvalue weighted by molar-refractivity contribution is -0.140. The van der Waals surface area contributed by atoms with E-state index in [0.29, 0.717) is 34.1 Å². The average molecular weight is 633 g/mol. The maximum Gasteiger partial charge on any atom is 0.264 e. The van der Waals surface area contributed by atoms with Gasteiger partial charge >= 0.3 is 0 Å². The first kappa shape index (κ1) is 33.4. The molecule has 0 spiro atoms. The number of amides is 2. The van der Waals surface area contributed by atoms with E-state index < -0.39 is 28.5 Å². The second-order valence-corrected chi connectivity index (χ2v) is 13.3. The van der Waals surface area contributed by atoms with Crippen LogP contribution < -0.4 is 9.62 Å². The van der Waals surface area contributed by atoms with Crippen molar-refractivity contribution >= 4 is 50.7 Å². The first-order valence-electron chi connectivity index (χ1n) is 14.0. The Morgan fingerprint density at radius 2 is 1.55 bits per heavy atom. The van der Waals surface area contributed by atoms with Gasteiger partial charge in [0.25, 0.3) is 10.0 Å². The molecular weight excluding hydrogens is 593 g/mol. The van der Waals surface area contributed by atoms with E-state index in [1.165, 1.54) is 17.0 Å². The fourth-order valence-electron chi connectivity index (χ4n) is 4.44. The van der Waals surface area contributed by atoms with Crippen molar-refractivity contribution in [1.82, 2.24) is 10.2 Å². The monoisotopic (exact) mass is 631 g/mol. The number of carbonyl (C=O) groups excluding carboxylic acids is 2. The number of hydrogen-bond acceptors (Lipinski definition) is 4. The van der Waals surface area contributed by atoms with E-state index in [-0.39, 0.29) is 23.4 Å². The zero-order chi connectivity index (χ0) is 31.2. The lowest BCUT2D eigenvalue weighted by Gasteiger charge is -2.34. The summed E-state index contributed by atoms with van der Waals surface area (Å²) >= 11 is 12.6. The van der Waals surface area contributed by atoms with E-state index in [1.54, 1.807) is 42.5 Å². The summed E-state index contributed by atoms with van der Waals surface area (Å²) in [4.78, 5) is 29.1. The molecule has 0 aliphatic heterocycles. The summed E-state index contributed by atoms with van der Waals surface area (Å²) in [5, 5.41) is 3.75. The van der Waals surface area contributed by atoms with Gasteiger partial charge in [0.15, 0.2) is 0 Å². The number of sulfonamides is 1. The number of hydrogen-bond donors (Lipinski definition) is 1. The summed E-state index contributed by atoms with van der Waals surface area (Å²) in [5.74, 6) is -0.856. The van der Waals surface area contributed by atoms with Crippen molar-refractivity contribution in [2.75, 3.05) is 10.8 Å². The number of benzene rings is 3. The largest absolute Gasteiger partial charge is 0.352 e. The minimum absolute atomic E-state index is 0.00733. The first-order chi connectivity index (χ1) is 19.8. The zero-order valence-electron chi connectivity index (χ0n) is 24.9. The van der Waals surface area contributed by atoms with Gasteiger partial charge in [0.1, 0.15) is 12.6 Å². The van der Waals surface area contributed by atoms with Gasteiger partial charge in [-0.3, -0.25) is 13.9 Å². The Morgan fingerprint density at radius 3 is 2.12 bits per heavy atom. The normalized spacial score (nSPS) is 12.9. The van der Waals surface area contributed by atoms with Crippen LogP contribution in [0.15, 0.2) is 65.6 Å². The molecule has 3 rings (SSSR count). The number of halogens is 2. The van der Waals surface area contributed by atoms with Gasteiger partial charge in [-0.25, -0.2) is 8.42 Å². The molecule has 0 aliphatic carbocycles. The Balaban J connectivity index is 2.11. The van der Waals surface area contributed by atoms with Crippen LogP contribution in [-0.4, -0.2) is 43.8 Å². The van der Waals surface area contributed by atoms with Crippen LogP contribution in [-0.2, 0) is 26.2 Å². The predicted molar refractivity (Wildman–Crippen MR) is 171 cm³/mol. The lowest BCUT2D eigenvalue weighted by Crippen LogP contribution is -2.53. The maximum absolute atomic E-state index is 14.2. The van der Waals surface area contributed by atoms with Gasteiger partial charge in [-0.2, -0.15) is 0 Å². The van der Waals surface area contributed by atoms with Crippen LogP contribution in [0.1, 0.15) is 55.9 Å². The van der Waals surface area contributed by atoms with Crippen molar-refractivity contribution in [3.8, 4) is 0 Å². The number of anilines is 1. The fraction of sp³-hybridized carbons (Fsp3) is 0.375. The SMILES string of the molecule is CC[C@@H](C)NC(=O)[C@@H](CC)N(Cc1ccc(Cl)cc1Cl)C(=O)CN(c1ccc(C)c(C)c1)S(=O)(=O)c1ccc(C)cc1. The Hall–Kier alpha value is -3.07. The van der Waals surface area contributed by atoms with E-state index in [4.69, 9.17) is 23.2 Å². The third-order valence-corrected chi connectivity index (χ3v) is 9.78. The molecule has 0 aromatic heterocycles. The molecule has 0 bridgehead atoms. The van der Waals surface area contributed by atoms with Crippen molar-refractivity contribution in [3.63, 3.8) is 0 Å². The molecule has 0 saturated heterocycles. The van der Waals surface area contributed by atoms with E-state index in [2.05, 4.69) is 5.32 Å². The van der Waals surface area contributed by atoms with Gasteiger partial charge in [0.05, 0.1) is 10.6 Å². The van der Waals surface area contributed by atoms with Gasteiger partial charge < -0.3 is 10.2 Å². The predicted octanol–water partition coefficient (Wildman–Crippen LogP) is 6.84. The third-order valence-electron chi connectivity index (χ3n) is 7.41. The Bertz CT molecular complexity index is 1530. The van der Waals surface area contributed by atoms with E-state index in [1.807, 2.05) is 47.6 Å². The van der Waals surface area contributed by atoms with Crippen LogP contribution in [0, 0.1) is 20.8 Å². The first-order valence-corrected chi connectivity index (χ1v) is 16.2. The van der Waals surface area contributed by atoms with Gasteiger partial charge in [0.2, 0.25) is 11.8 Å². The standard InChI is InChI=1S/C32H39Cl2N3O4S/c1-7-24(6)35-32(39)30(8-2)36(19-25-12-13-26(33)18-29(25)34)31(38)20-37(27-14-11-22(4)23(5)17-27)42(40,41)28-15-9-21(3)10-16-28/h9-18,24,30H,7-8,19-20H2,1-6H3,(H,35,39)/t24-,30-/m1/s1. The van der Waals surface area contributed by atoms with Crippen LogP contribution in [0.3, 0.4) is 0 Å². The Labute approximate surface area is 259 Å². The molecule has 0 heterocycles. The molecule has 42 heavy (non-hydrogen) atoms. The van der Waals surface area contributed by atoms with Gasteiger partial charge in [-0.1, -0.05) is 66.9 Å². The number of nitrogens with zero attached hydrogens (tertiary/aromatic N) is 2. The highest BCUT2D eigenvalue weighted by molar-refractivity contribution is 7.92. The van der Waals surface area contributed by atoms with E-state index in [9.17, 15) is 18.0 Å². The number of carbonyl (C=O) groups is 2. The molecule has 0 saturated carbocycles. The van der Waals surface area contributed by atoms with Crippen molar-refractivity contribution in [2.24, 2.45) is 0 Å². The lowest BCUT2D eigenvalue weighted by atomic mass is 10.1. The maximum atomic E-state index is 14.2. The second kappa shape index (κ2) is 14.4. The molecule has 2 atom stereocenters. The summed E-state index contributed by atoms with van der Waals surface area (Å²) in [7, 11) is -4.15. The van der Waals surface area contributed by atoms with Crippen molar-refractivity contribution in [2.45, 2.75) is 77.9 Å². The van der Waals surface area contributed by atoms with Crippen LogP contribution >= 0.6 is 23.2 Å². The number of aryl methyl sites for hydroxylation is 3.